The maximum absolute atomic E-state index is 11.3. The molecule has 6 N–H and O–H groups in total. The molecule has 0 aromatic rings. The van der Waals surface area contributed by atoms with Crippen LogP contribution in [0.3, 0.4) is 0 Å². The van der Waals surface area contributed by atoms with Gasteiger partial charge >= 0.3 is 18.0 Å². The van der Waals surface area contributed by atoms with Gasteiger partial charge in [0.05, 0.1) is 0 Å². The lowest BCUT2D eigenvalue weighted by atomic mass is 10.1. The number of urea groups is 2. The summed E-state index contributed by atoms with van der Waals surface area (Å²) in [6, 6.07) is -2.15. The fourth-order valence-electron chi connectivity index (χ4n) is 1.24. The van der Waals surface area contributed by atoms with Crippen LogP contribution in [0, 0.1) is 0 Å². The molecule has 0 rings (SSSR count). The molecule has 8 nitrogen and oxygen atoms in total. The van der Waals surface area contributed by atoms with E-state index in [4.69, 9.17) is 10.8 Å². The SMILES string of the molecule is CCCC[C@H](NC(=O)NCCNC(N)=O)C(=O)O. The molecule has 0 aliphatic heterocycles. The minimum atomic E-state index is -1.06. The second-order valence-electron chi connectivity index (χ2n) is 3.72. The molecule has 104 valence electrons. The van der Waals surface area contributed by atoms with Crippen molar-refractivity contribution in [1.82, 2.24) is 16.0 Å². The van der Waals surface area contributed by atoms with Crippen LogP contribution >= 0.6 is 0 Å². The van der Waals surface area contributed by atoms with E-state index in [1.807, 2.05) is 6.92 Å². The minimum Gasteiger partial charge on any atom is -0.480 e. The highest BCUT2D eigenvalue weighted by Gasteiger charge is 2.18. The first-order valence-electron chi connectivity index (χ1n) is 5.77. The van der Waals surface area contributed by atoms with Crippen LogP contribution in [0.5, 0.6) is 0 Å². The molecular weight excluding hydrogens is 240 g/mol. The number of unbranched alkanes of at least 4 members (excludes halogenated alkanes) is 1. The van der Waals surface area contributed by atoms with Crippen molar-refractivity contribution >= 4 is 18.0 Å². The van der Waals surface area contributed by atoms with Gasteiger partial charge < -0.3 is 26.8 Å². The molecule has 0 aliphatic carbocycles. The Labute approximate surface area is 105 Å². The summed E-state index contributed by atoms with van der Waals surface area (Å²) < 4.78 is 0. The van der Waals surface area contributed by atoms with Crippen molar-refractivity contribution in [2.75, 3.05) is 13.1 Å². The van der Waals surface area contributed by atoms with Gasteiger partial charge in [0.1, 0.15) is 6.04 Å². The smallest absolute Gasteiger partial charge is 0.326 e. The van der Waals surface area contributed by atoms with Crippen LogP contribution < -0.4 is 21.7 Å². The summed E-state index contributed by atoms with van der Waals surface area (Å²) in [4.78, 5) is 32.5. The van der Waals surface area contributed by atoms with Crippen molar-refractivity contribution < 1.29 is 19.5 Å². The van der Waals surface area contributed by atoms with E-state index in [-0.39, 0.29) is 13.1 Å². The van der Waals surface area contributed by atoms with Gasteiger partial charge in [-0.15, -0.1) is 0 Å². The molecule has 18 heavy (non-hydrogen) atoms. The van der Waals surface area contributed by atoms with E-state index in [2.05, 4.69) is 16.0 Å². The van der Waals surface area contributed by atoms with E-state index in [0.717, 1.165) is 12.8 Å². The third-order valence-corrected chi connectivity index (χ3v) is 2.16. The standard InChI is InChI=1S/C10H20N4O4/c1-2-3-4-7(8(15)16)14-10(18)13-6-5-12-9(11)17/h7H,2-6H2,1H3,(H,15,16)(H3,11,12,17)(H2,13,14,18)/t7-/m0/s1. The number of rotatable bonds is 8. The van der Waals surface area contributed by atoms with Crippen molar-refractivity contribution in [2.24, 2.45) is 5.73 Å². The van der Waals surface area contributed by atoms with Gasteiger partial charge in [-0.3, -0.25) is 0 Å². The Kier molecular flexibility index (Phi) is 8.08. The summed E-state index contributed by atoms with van der Waals surface area (Å²) in [5.41, 5.74) is 4.83. The van der Waals surface area contributed by atoms with Crippen molar-refractivity contribution in [3.8, 4) is 0 Å². The second-order valence-corrected chi connectivity index (χ2v) is 3.72. The molecule has 0 aliphatic rings. The Morgan fingerprint density at radius 3 is 2.33 bits per heavy atom. The van der Waals surface area contributed by atoms with Crippen LogP contribution in [0.25, 0.3) is 0 Å². The normalized spacial score (nSPS) is 11.4. The molecule has 0 unspecified atom stereocenters. The quantitative estimate of drug-likeness (QED) is 0.379. The lowest BCUT2D eigenvalue weighted by molar-refractivity contribution is -0.139. The number of primary amides is 1. The Bertz CT molecular complexity index is 296. The number of carboxylic acids is 1. The summed E-state index contributed by atoms with van der Waals surface area (Å²) in [7, 11) is 0. The summed E-state index contributed by atoms with van der Waals surface area (Å²) in [6.07, 6.45) is 1.97. The van der Waals surface area contributed by atoms with Crippen LogP contribution in [0.15, 0.2) is 0 Å². The fraction of sp³-hybridized carbons (Fsp3) is 0.700. The molecule has 0 aromatic carbocycles. The predicted octanol–water partition coefficient (Wildman–Crippen LogP) is -0.403. The molecule has 0 saturated heterocycles. The van der Waals surface area contributed by atoms with E-state index in [1.54, 1.807) is 0 Å². The van der Waals surface area contributed by atoms with Crippen molar-refractivity contribution in [2.45, 2.75) is 32.2 Å². The van der Waals surface area contributed by atoms with Gasteiger partial charge in [0.2, 0.25) is 0 Å². The molecule has 0 radical (unpaired) electrons. The molecule has 0 spiro atoms. The highest BCUT2D eigenvalue weighted by atomic mass is 16.4. The Hall–Kier alpha value is -1.99. The molecule has 0 heterocycles. The topological polar surface area (TPSA) is 134 Å². The molecular formula is C10H20N4O4. The Morgan fingerprint density at radius 2 is 1.83 bits per heavy atom. The number of carboxylic acid groups (broad SMARTS) is 1. The number of hydrogen-bond acceptors (Lipinski definition) is 3. The number of amides is 4. The van der Waals surface area contributed by atoms with Crippen LogP contribution in [-0.2, 0) is 4.79 Å². The van der Waals surface area contributed by atoms with E-state index < -0.39 is 24.1 Å². The fourth-order valence-corrected chi connectivity index (χ4v) is 1.24. The summed E-state index contributed by atoms with van der Waals surface area (Å²) in [5.74, 6) is -1.06. The molecule has 0 fully saturated rings. The van der Waals surface area contributed by atoms with Crippen LogP contribution in [-0.4, -0.2) is 42.3 Å². The van der Waals surface area contributed by atoms with Crippen molar-refractivity contribution in [1.29, 1.82) is 0 Å². The predicted molar refractivity (Wildman–Crippen MR) is 65.1 cm³/mol. The van der Waals surface area contributed by atoms with Gasteiger partial charge in [0.25, 0.3) is 0 Å². The van der Waals surface area contributed by atoms with Gasteiger partial charge in [-0.25, -0.2) is 14.4 Å². The number of carbonyl (C=O) groups is 3. The molecule has 0 aromatic heterocycles. The first-order valence-corrected chi connectivity index (χ1v) is 5.77. The number of nitrogens with two attached hydrogens (primary N) is 1. The van der Waals surface area contributed by atoms with Crippen LogP contribution in [0.4, 0.5) is 9.59 Å². The second kappa shape index (κ2) is 9.08. The van der Waals surface area contributed by atoms with Gasteiger partial charge in [0, 0.05) is 13.1 Å². The Morgan fingerprint density at radius 1 is 1.22 bits per heavy atom. The third kappa shape index (κ3) is 8.20. The zero-order chi connectivity index (χ0) is 14.0. The van der Waals surface area contributed by atoms with Gasteiger partial charge in [0.15, 0.2) is 0 Å². The number of carbonyl (C=O) groups excluding carboxylic acids is 2. The zero-order valence-electron chi connectivity index (χ0n) is 10.4. The molecule has 0 saturated carbocycles. The first kappa shape index (κ1) is 16.0. The zero-order valence-corrected chi connectivity index (χ0v) is 10.4. The average molecular weight is 260 g/mol. The van der Waals surface area contributed by atoms with Crippen molar-refractivity contribution in [3.63, 3.8) is 0 Å². The number of hydrogen-bond donors (Lipinski definition) is 5. The maximum atomic E-state index is 11.3. The molecule has 8 heteroatoms. The highest BCUT2D eigenvalue weighted by molar-refractivity contribution is 5.82. The lowest BCUT2D eigenvalue weighted by Gasteiger charge is -2.14. The largest absolute Gasteiger partial charge is 0.480 e. The molecule has 1 atom stereocenters. The number of nitrogens with one attached hydrogen (secondary N) is 3. The highest BCUT2D eigenvalue weighted by Crippen LogP contribution is 2.00. The van der Waals surface area contributed by atoms with Crippen LogP contribution in [0.2, 0.25) is 0 Å². The third-order valence-electron chi connectivity index (χ3n) is 2.16. The van der Waals surface area contributed by atoms with E-state index >= 15 is 0 Å². The molecule has 0 bridgehead atoms. The maximum Gasteiger partial charge on any atom is 0.326 e. The molecule has 4 amide bonds. The first-order chi connectivity index (χ1) is 8.47. The van der Waals surface area contributed by atoms with E-state index in [0.29, 0.717) is 6.42 Å². The van der Waals surface area contributed by atoms with E-state index in [9.17, 15) is 14.4 Å². The lowest BCUT2D eigenvalue weighted by Crippen LogP contribution is -2.47. The van der Waals surface area contributed by atoms with E-state index in [1.165, 1.54) is 0 Å². The summed E-state index contributed by atoms with van der Waals surface area (Å²) >= 11 is 0. The average Bonchev–Trinajstić information content (AvgIpc) is 2.29. The minimum absolute atomic E-state index is 0.175. The Balaban J connectivity index is 3.87. The monoisotopic (exact) mass is 260 g/mol. The summed E-state index contributed by atoms with van der Waals surface area (Å²) in [6.45, 7) is 2.30. The van der Waals surface area contributed by atoms with Crippen molar-refractivity contribution in [3.05, 3.63) is 0 Å². The number of aliphatic carboxylic acids is 1. The van der Waals surface area contributed by atoms with Gasteiger partial charge in [-0.2, -0.15) is 0 Å². The van der Waals surface area contributed by atoms with Gasteiger partial charge in [-0.1, -0.05) is 19.8 Å². The van der Waals surface area contributed by atoms with Gasteiger partial charge in [-0.05, 0) is 6.42 Å². The summed E-state index contributed by atoms with van der Waals surface area (Å²) in [5, 5.41) is 15.9. The van der Waals surface area contributed by atoms with Crippen LogP contribution in [0.1, 0.15) is 26.2 Å².